The fourth-order valence-electron chi connectivity index (χ4n) is 4.10. The number of benzene rings is 1. The maximum absolute atomic E-state index is 10.8. The summed E-state index contributed by atoms with van der Waals surface area (Å²) in [7, 11) is 2.21. The molecule has 0 amide bonds. The minimum Gasteiger partial charge on any atom is -0.481 e. The smallest absolute Gasteiger partial charge is 0.303 e. The van der Waals surface area contributed by atoms with Crippen LogP contribution in [0.25, 0.3) is 0 Å². The fourth-order valence-corrected chi connectivity index (χ4v) is 4.10. The summed E-state index contributed by atoms with van der Waals surface area (Å²) in [6.45, 7) is 5.28. The van der Waals surface area contributed by atoms with Crippen LogP contribution in [-0.4, -0.2) is 48.7 Å². The van der Waals surface area contributed by atoms with Crippen molar-refractivity contribution in [2.45, 2.75) is 44.6 Å². The summed E-state index contributed by atoms with van der Waals surface area (Å²) in [6, 6.07) is 7.29. The lowest BCUT2D eigenvalue weighted by Crippen LogP contribution is -2.36. The van der Waals surface area contributed by atoms with Crippen LogP contribution in [0.4, 0.5) is 5.69 Å². The molecule has 0 aliphatic carbocycles. The summed E-state index contributed by atoms with van der Waals surface area (Å²) >= 11 is 0. The van der Waals surface area contributed by atoms with Gasteiger partial charge in [-0.05, 0) is 51.4 Å². The van der Waals surface area contributed by atoms with Crippen LogP contribution in [-0.2, 0) is 4.79 Å². The molecule has 0 bridgehead atoms. The predicted octanol–water partition coefficient (Wildman–Crippen LogP) is 2.86. The fraction of sp³-hybridized carbons (Fsp3) is 0.611. The molecule has 22 heavy (non-hydrogen) atoms. The number of hydrogen-bond acceptors (Lipinski definition) is 3. The monoisotopic (exact) mass is 302 g/mol. The molecule has 1 N–H and O–H groups in total. The van der Waals surface area contributed by atoms with Crippen LogP contribution in [0.1, 0.15) is 42.7 Å². The zero-order chi connectivity index (χ0) is 15.7. The molecule has 0 spiro atoms. The first kappa shape index (κ1) is 15.3. The van der Waals surface area contributed by atoms with Crippen molar-refractivity contribution >= 4 is 11.7 Å². The Bertz CT molecular complexity index is 558. The van der Waals surface area contributed by atoms with E-state index in [9.17, 15) is 4.79 Å². The van der Waals surface area contributed by atoms with Gasteiger partial charge in [0.05, 0.1) is 0 Å². The quantitative estimate of drug-likeness (QED) is 0.929. The summed E-state index contributed by atoms with van der Waals surface area (Å²) in [5, 5.41) is 8.91. The third kappa shape index (κ3) is 2.98. The van der Waals surface area contributed by atoms with Crippen molar-refractivity contribution in [3.63, 3.8) is 0 Å². The van der Waals surface area contributed by atoms with Gasteiger partial charge < -0.3 is 14.9 Å². The van der Waals surface area contributed by atoms with Gasteiger partial charge in [0.2, 0.25) is 0 Å². The molecule has 2 aliphatic rings. The molecule has 120 valence electrons. The number of likely N-dealkylation sites (tertiary alicyclic amines) is 1. The number of carbonyl (C=O) groups is 1. The van der Waals surface area contributed by atoms with E-state index in [1.807, 2.05) is 0 Å². The first-order chi connectivity index (χ1) is 10.6. The minimum atomic E-state index is -0.694. The van der Waals surface area contributed by atoms with Crippen molar-refractivity contribution in [1.82, 2.24) is 4.90 Å². The molecule has 4 heteroatoms. The highest BCUT2D eigenvalue weighted by Gasteiger charge is 2.39. The van der Waals surface area contributed by atoms with Gasteiger partial charge in [-0.1, -0.05) is 17.7 Å². The van der Waals surface area contributed by atoms with E-state index in [0.29, 0.717) is 12.0 Å². The van der Waals surface area contributed by atoms with E-state index in [4.69, 9.17) is 5.11 Å². The Morgan fingerprint density at radius 3 is 3.00 bits per heavy atom. The Morgan fingerprint density at radius 1 is 1.41 bits per heavy atom. The Morgan fingerprint density at radius 2 is 2.23 bits per heavy atom. The van der Waals surface area contributed by atoms with Crippen LogP contribution in [0.2, 0.25) is 0 Å². The molecule has 0 saturated carbocycles. The van der Waals surface area contributed by atoms with Gasteiger partial charge >= 0.3 is 5.97 Å². The standard InChI is InChI=1S/C18H26N2O2/c1-13-7-8-17-14(11-13)15-12-19(2)9-3-5-16(15)20(17)10-4-6-18(21)22/h7-8,11,15-16H,3-6,9-10,12H2,1-2H3,(H,21,22)/t15-,16+/m1/s1. The summed E-state index contributed by atoms with van der Waals surface area (Å²) < 4.78 is 0. The zero-order valence-corrected chi connectivity index (χ0v) is 13.6. The molecule has 1 aromatic rings. The van der Waals surface area contributed by atoms with Gasteiger partial charge in [-0.2, -0.15) is 0 Å². The first-order valence-corrected chi connectivity index (χ1v) is 8.34. The second-order valence-corrected chi connectivity index (χ2v) is 6.83. The maximum Gasteiger partial charge on any atom is 0.303 e. The number of likely N-dealkylation sites (N-methyl/N-ethyl adjacent to an activating group) is 1. The van der Waals surface area contributed by atoms with Gasteiger partial charge in [0.15, 0.2) is 0 Å². The second-order valence-electron chi connectivity index (χ2n) is 6.83. The number of rotatable bonds is 4. The van der Waals surface area contributed by atoms with Crippen LogP contribution in [0.15, 0.2) is 18.2 Å². The maximum atomic E-state index is 10.8. The molecule has 0 unspecified atom stereocenters. The van der Waals surface area contributed by atoms with Crippen LogP contribution < -0.4 is 4.90 Å². The number of aliphatic carboxylic acids is 1. The molecule has 2 heterocycles. The molecular formula is C18H26N2O2. The molecule has 1 aromatic carbocycles. The molecule has 0 radical (unpaired) electrons. The predicted molar refractivity (Wildman–Crippen MR) is 88.7 cm³/mol. The molecule has 1 saturated heterocycles. The van der Waals surface area contributed by atoms with E-state index < -0.39 is 5.97 Å². The van der Waals surface area contributed by atoms with E-state index in [1.165, 1.54) is 29.7 Å². The molecule has 2 atom stereocenters. The number of carboxylic acid groups (broad SMARTS) is 1. The minimum absolute atomic E-state index is 0.259. The van der Waals surface area contributed by atoms with E-state index in [0.717, 1.165) is 26.1 Å². The van der Waals surface area contributed by atoms with Gasteiger partial charge in [-0.25, -0.2) is 0 Å². The average molecular weight is 302 g/mol. The lowest BCUT2D eigenvalue weighted by atomic mass is 9.92. The van der Waals surface area contributed by atoms with Crippen molar-refractivity contribution in [3.05, 3.63) is 29.3 Å². The molecule has 0 aromatic heterocycles. The highest BCUT2D eigenvalue weighted by atomic mass is 16.4. The number of carboxylic acids is 1. The van der Waals surface area contributed by atoms with Crippen LogP contribution in [0.3, 0.4) is 0 Å². The number of hydrogen-bond donors (Lipinski definition) is 1. The second kappa shape index (κ2) is 6.29. The lowest BCUT2D eigenvalue weighted by Gasteiger charge is -2.29. The van der Waals surface area contributed by atoms with Crippen LogP contribution >= 0.6 is 0 Å². The Balaban J connectivity index is 1.87. The highest BCUT2D eigenvalue weighted by Crippen LogP contribution is 2.44. The summed E-state index contributed by atoms with van der Waals surface area (Å²) in [5.41, 5.74) is 4.12. The third-order valence-corrected chi connectivity index (χ3v) is 5.09. The van der Waals surface area contributed by atoms with E-state index in [2.05, 4.69) is 42.0 Å². The normalized spacial score (nSPS) is 24.7. The largest absolute Gasteiger partial charge is 0.481 e. The van der Waals surface area contributed by atoms with Gasteiger partial charge in [0.1, 0.15) is 0 Å². The van der Waals surface area contributed by atoms with Crippen molar-refractivity contribution in [2.75, 3.05) is 31.6 Å². The van der Waals surface area contributed by atoms with Crippen LogP contribution in [0, 0.1) is 6.92 Å². The molecule has 1 fully saturated rings. The van der Waals surface area contributed by atoms with E-state index >= 15 is 0 Å². The Kier molecular flexibility index (Phi) is 4.39. The number of anilines is 1. The third-order valence-electron chi connectivity index (χ3n) is 5.09. The van der Waals surface area contributed by atoms with Crippen molar-refractivity contribution in [3.8, 4) is 0 Å². The van der Waals surface area contributed by atoms with Crippen molar-refractivity contribution in [2.24, 2.45) is 0 Å². The van der Waals surface area contributed by atoms with Crippen molar-refractivity contribution in [1.29, 1.82) is 0 Å². The van der Waals surface area contributed by atoms with Gasteiger partial charge in [0.25, 0.3) is 0 Å². The lowest BCUT2D eigenvalue weighted by molar-refractivity contribution is -0.137. The van der Waals surface area contributed by atoms with Crippen LogP contribution in [0.5, 0.6) is 0 Å². The topological polar surface area (TPSA) is 43.8 Å². The van der Waals surface area contributed by atoms with E-state index in [1.54, 1.807) is 0 Å². The van der Waals surface area contributed by atoms with Gasteiger partial charge in [-0.3, -0.25) is 4.79 Å². The summed E-state index contributed by atoms with van der Waals surface area (Å²) in [6.07, 6.45) is 3.41. The Labute approximate surface area is 132 Å². The SMILES string of the molecule is Cc1ccc2c(c1)[C@H]1CN(C)CCC[C@@H]1N2CCCC(=O)O. The number of fused-ring (bicyclic) bond motifs is 3. The summed E-state index contributed by atoms with van der Waals surface area (Å²) in [5.74, 6) is -0.132. The Hall–Kier alpha value is -1.55. The zero-order valence-electron chi connectivity index (χ0n) is 13.6. The number of nitrogens with zero attached hydrogens (tertiary/aromatic N) is 2. The molecule has 4 nitrogen and oxygen atoms in total. The highest BCUT2D eigenvalue weighted by molar-refractivity contribution is 5.67. The van der Waals surface area contributed by atoms with Gasteiger partial charge in [0, 0.05) is 37.2 Å². The summed E-state index contributed by atoms with van der Waals surface area (Å²) in [4.78, 5) is 15.7. The van der Waals surface area contributed by atoms with E-state index in [-0.39, 0.29) is 6.42 Å². The van der Waals surface area contributed by atoms with Gasteiger partial charge in [-0.15, -0.1) is 0 Å². The molecule has 3 rings (SSSR count). The molecular weight excluding hydrogens is 276 g/mol. The van der Waals surface area contributed by atoms with Crippen molar-refractivity contribution < 1.29 is 9.90 Å². The molecule has 2 aliphatic heterocycles. The number of aryl methyl sites for hydroxylation is 1. The first-order valence-electron chi connectivity index (χ1n) is 8.34. The average Bonchev–Trinajstić information content (AvgIpc) is 2.61.